The van der Waals surface area contributed by atoms with Crippen LogP contribution in [0.1, 0.15) is 30.5 Å². The van der Waals surface area contributed by atoms with E-state index in [0.717, 1.165) is 49.4 Å². The number of ether oxygens (including phenoxy) is 1. The summed E-state index contributed by atoms with van der Waals surface area (Å²) >= 11 is 0. The summed E-state index contributed by atoms with van der Waals surface area (Å²) in [5, 5.41) is 21.4. The molecule has 6 rings (SSSR count). The van der Waals surface area contributed by atoms with Crippen molar-refractivity contribution in [2.45, 2.75) is 44.3 Å². The van der Waals surface area contributed by atoms with Gasteiger partial charge in [0.05, 0.1) is 37.4 Å². The Labute approximate surface area is 252 Å². The van der Waals surface area contributed by atoms with Gasteiger partial charge in [0, 0.05) is 55.4 Å². The van der Waals surface area contributed by atoms with Gasteiger partial charge in [0.25, 0.3) is 0 Å². The van der Waals surface area contributed by atoms with Crippen LogP contribution in [0.15, 0.2) is 55.1 Å². The molecule has 1 aromatic heterocycles. The van der Waals surface area contributed by atoms with Gasteiger partial charge in [-0.1, -0.05) is 43.0 Å². The number of aromatic nitrogens is 2. The van der Waals surface area contributed by atoms with E-state index in [4.69, 9.17) is 14.7 Å². The van der Waals surface area contributed by atoms with Gasteiger partial charge in [0.15, 0.2) is 0 Å². The van der Waals surface area contributed by atoms with Gasteiger partial charge in [-0.25, -0.2) is 0 Å². The van der Waals surface area contributed by atoms with Gasteiger partial charge in [-0.05, 0) is 43.3 Å². The summed E-state index contributed by atoms with van der Waals surface area (Å²) < 4.78 is 6.31. The van der Waals surface area contributed by atoms with Gasteiger partial charge in [-0.3, -0.25) is 9.69 Å². The van der Waals surface area contributed by atoms with Crippen LogP contribution in [-0.2, 0) is 17.8 Å². The molecule has 2 aromatic carbocycles. The van der Waals surface area contributed by atoms with E-state index >= 15 is 0 Å². The van der Waals surface area contributed by atoms with E-state index in [0.29, 0.717) is 45.3 Å². The summed E-state index contributed by atoms with van der Waals surface area (Å²) in [4.78, 5) is 31.1. The molecule has 1 N–H and O–H groups in total. The number of carbonyl (C=O) groups excluding carboxylic acids is 1. The van der Waals surface area contributed by atoms with Crippen LogP contribution in [0.3, 0.4) is 0 Å². The molecule has 3 aliphatic rings. The van der Waals surface area contributed by atoms with Crippen LogP contribution in [0.2, 0.25) is 0 Å². The van der Waals surface area contributed by atoms with Crippen LogP contribution in [-0.4, -0.2) is 95.3 Å². The Kier molecular flexibility index (Phi) is 8.72. The number of β-amino-alcohol motifs (C(OH)–C–C–N with tert-alkyl or cyclic N) is 1. The molecule has 2 saturated heterocycles. The van der Waals surface area contributed by atoms with E-state index in [-0.39, 0.29) is 31.0 Å². The van der Waals surface area contributed by atoms with Crippen molar-refractivity contribution in [3.63, 3.8) is 0 Å². The fraction of sp³-hybridized carbons (Fsp3) is 0.455. The molecule has 0 spiro atoms. The Balaban J connectivity index is 1.32. The van der Waals surface area contributed by atoms with E-state index < -0.39 is 0 Å². The molecule has 1 amide bonds. The normalized spacial score (nSPS) is 20.6. The molecule has 10 heteroatoms. The van der Waals surface area contributed by atoms with Crippen molar-refractivity contribution in [3.8, 4) is 12.1 Å². The van der Waals surface area contributed by atoms with Crippen molar-refractivity contribution < 1.29 is 14.6 Å². The topological polar surface area (TPSA) is 109 Å². The molecule has 10 nitrogen and oxygen atoms in total. The lowest BCUT2D eigenvalue weighted by Gasteiger charge is -2.42. The minimum absolute atomic E-state index is 0.129. The van der Waals surface area contributed by atoms with Crippen molar-refractivity contribution in [2.24, 2.45) is 0 Å². The van der Waals surface area contributed by atoms with Gasteiger partial charge in [0.1, 0.15) is 12.4 Å². The standard InChI is InChI=1S/C33H39N7O3/c1-2-31(42)40-18-17-39(21-25(40)12-14-34)32-28-13-16-38(30-11-5-8-24-7-3-4-10-27(24)30)22-29(28)35-33(36-32)43-23-26-9-6-15-37(26)19-20-41/h2-5,7-8,10-11,25-26,41H,1,6,9,12-13,15-23H2. The van der Waals surface area contributed by atoms with Crippen molar-refractivity contribution >= 4 is 28.2 Å². The van der Waals surface area contributed by atoms with Gasteiger partial charge in [-0.2, -0.15) is 15.2 Å². The largest absolute Gasteiger partial charge is 0.462 e. The maximum Gasteiger partial charge on any atom is 0.318 e. The summed E-state index contributed by atoms with van der Waals surface area (Å²) in [7, 11) is 0. The van der Waals surface area contributed by atoms with E-state index in [1.165, 1.54) is 22.5 Å². The first kappa shape index (κ1) is 28.9. The summed E-state index contributed by atoms with van der Waals surface area (Å²) in [6.07, 6.45) is 4.43. The number of fused-ring (bicyclic) bond motifs is 2. The predicted octanol–water partition coefficient (Wildman–Crippen LogP) is 3.14. The molecule has 0 bridgehead atoms. The summed E-state index contributed by atoms with van der Waals surface area (Å²) in [5.74, 6) is 0.688. The lowest BCUT2D eigenvalue weighted by molar-refractivity contribution is -0.128. The first-order chi connectivity index (χ1) is 21.1. The second kappa shape index (κ2) is 13.0. The monoisotopic (exact) mass is 581 g/mol. The van der Waals surface area contributed by atoms with Crippen molar-refractivity contribution in [1.29, 1.82) is 5.26 Å². The van der Waals surface area contributed by atoms with Crippen molar-refractivity contribution in [2.75, 3.05) is 62.3 Å². The average molecular weight is 582 g/mol. The molecular formula is C33H39N7O3. The number of aliphatic hydroxyl groups is 1. The Hall–Kier alpha value is -4.20. The van der Waals surface area contributed by atoms with Crippen LogP contribution < -0.4 is 14.5 Å². The smallest absolute Gasteiger partial charge is 0.318 e. The maximum absolute atomic E-state index is 12.5. The van der Waals surface area contributed by atoms with Crippen molar-refractivity contribution in [1.82, 2.24) is 19.8 Å². The predicted molar refractivity (Wildman–Crippen MR) is 166 cm³/mol. The molecular weight excluding hydrogens is 542 g/mol. The number of benzene rings is 2. The number of hydrogen-bond donors (Lipinski definition) is 1. The van der Waals surface area contributed by atoms with Gasteiger partial charge in [0.2, 0.25) is 5.91 Å². The first-order valence-electron chi connectivity index (χ1n) is 15.2. The van der Waals surface area contributed by atoms with E-state index in [9.17, 15) is 15.2 Å². The molecule has 224 valence electrons. The molecule has 3 aromatic rings. The number of nitriles is 1. The summed E-state index contributed by atoms with van der Waals surface area (Å²) in [6, 6.07) is 17.4. The lowest BCUT2D eigenvalue weighted by Crippen LogP contribution is -2.55. The number of aliphatic hydroxyl groups excluding tert-OH is 1. The fourth-order valence-electron chi connectivity index (χ4n) is 6.82. The molecule has 0 saturated carbocycles. The zero-order valence-corrected chi connectivity index (χ0v) is 24.6. The minimum atomic E-state index is -0.250. The van der Waals surface area contributed by atoms with Crippen LogP contribution in [0.25, 0.3) is 10.8 Å². The van der Waals surface area contributed by atoms with E-state index in [1.54, 1.807) is 4.90 Å². The summed E-state index contributed by atoms with van der Waals surface area (Å²) in [5.41, 5.74) is 3.23. The van der Waals surface area contributed by atoms with Gasteiger partial charge in [-0.15, -0.1) is 0 Å². The zero-order valence-electron chi connectivity index (χ0n) is 24.6. The third-order valence-electron chi connectivity index (χ3n) is 8.99. The average Bonchev–Trinajstić information content (AvgIpc) is 3.49. The number of hydrogen-bond acceptors (Lipinski definition) is 9. The first-order valence-corrected chi connectivity index (χ1v) is 15.2. The maximum atomic E-state index is 12.5. The molecule has 0 radical (unpaired) electrons. The van der Waals surface area contributed by atoms with E-state index in [2.05, 4.69) is 69.8 Å². The number of nitrogens with zero attached hydrogens (tertiary/aromatic N) is 7. The molecule has 2 unspecified atom stereocenters. The molecule has 0 aliphatic carbocycles. The van der Waals surface area contributed by atoms with E-state index in [1.807, 2.05) is 0 Å². The molecule has 2 fully saturated rings. The second-order valence-electron chi connectivity index (χ2n) is 11.5. The Morgan fingerprint density at radius 3 is 2.79 bits per heavy atom. The SMILES string of the molecule is C=CC(=O)N1CCN(c2nc(OCC3CCCN3CCO)nc3c2CCN(c2cccc4ccccc24)C3)CC1CC#N. The Bertz CT molecular complexity index is 1520. The quantitative estimate of drug-likeness (QED) is 0.381. The third kappa shape index (κ3) is 6.01. The highest BCUT2D eigenvalue weighted by atomic mass is 16.5. The van der Waals surface area contributed by atoms with Gasteiger partial charge >= 0.3 is 6.01 Å². The van der Waals surface area contributed by atoms with Gasteiger partial charge < -0.3 is 24.5 Å². The molecule has 4 heterocycles. The number of likely N-dealkylation sites (tertiary alicyclic amines) is 1. The minimum Gasteiger partial charge on any atom is -0.462 e. The lowest BCUT2D eigenvalue weighted by atomic mass is 10.0. The number of anilines is 2. The summed E-state index contributed by atoms with van der Waals surface area (Å²) in [6.45, 7) is 8.90. The Morgan fingerprint density at radius 1 is 1.09 bits per heavy atom. The molecule has 43 heavy (non-hydrogen) atoms. The number of amides is 1. The Morgan fingerprint density at radius 2 is 1.95 bits per heavy atom. The van der Waals surface area contributed by atoms with Crippen molar-refractivity contribution in [3.05, 3.63) is 66.4 Å². The molecule has 3 aliphatic heterocycles. The highest BCUT2D eigenvalue weighted by Crippen LogP contribution is 2.35. The van der Waals surface area contributed by atoms with Crippen LogP contribution >= 0.6 is 0 Å². The number of carbonyl (C=O) groups is 1. The molecule has 2 atom stereocenters. The third-order valence-corrected chi connectivity index (χ3v) is 8.99. The fourth-order valence-corrected chi connectivity index (χ4v) is 6.82. The number of piperazine rings is 1. The number of rotatable bonds is 9. The zero-order chi connectivity index (χ0) is 29.8. The highest BCUT2D eigenvalue weighted by molar-refractivity contribution is 5.94. The highest BCUT2D eigenvalue weighted by Gasteiger charge is 2.34. The van der Waals surface area contributed by atoms with Crippen LogP contribution in [0.4, 0.5) is 11.5 Å². The van der Waals surface area contributed by atoms with Crippen LogP contribution in [0, 0.1) is 11.3 Å². The second-order valence-corrected chi connectivity index (χ2v) is 11.5. The van der Waals surface area contributed by atoms with Crippen LogP contribution in [0.5, 0.6) is 6.01 Å².